The zero-order valence-corrected chi connectivity index (χ0v) is 13.0. The van der Waals surface area contributed by atoms with Crippen molar-refractivity contribution in [2.75, 3.05) is 0 Å². The monoisotopic (exact) mass is 298 g/mol. The molecule has 1 N–H and O–H groups in total. The molecule has 0 saturated heterocycles. The molecule has 0 bridgehead atoms. The molecule has 4 nitrogen and oxygen atoms in total. The van der Waals surface area contributed by atoms with E-state index < -0.39 is 5.97 Å². The number of carbonyl (C=O) groups is 1. The number of aromatic carboxylic acids is 1. The lowest BCUT2D eigenvalue weighted by Gasteiger charge is -2.04. The van der Waals surface area contributed by atoms with Crippen LogP contribution in [0.1, 0.15) is 55.1 Å². The first kappa shape index (κ1) is 16.1. The summed E-state index contributed by atoms with van der Waals surface area (Å²) in [6, 6.07) is 8.27. The van der Waals surface area contributed by atoms with Crippen molar-refractivity contribution in [2.24, 2.45) is 0 Å². The van der Waals surface area contributed by atoms with Gasteiger partial charge in [0.2, 0.25) is 0 Å². The molecule has 2 rings (SSSR count). The van der Waals surface area contributed by atoms with Crippen molar-refractivity contribution in [1.82, 2.24) is 9.97 Å². The predicted octanol–water partition coefficient (Wildman–Crippen LogP) is 4.35. The zero-order chi connectivity index (χ0) is 15.8. The van der Waals surface area contributed by atoms with Gasteiger partial charge >= 0.3 is 5.97 Å². The molecule has 0 atom stereocenters. The van der Waals surface area contributed by atoms with Gasteiger partial charge in [-0.2, -0.15) is 0 Å². The standard InChI is InChI=1S/C18H22N2O2/c1-2-3-4-5-6-7-14-8-10-15(11-9-14)16-12-20-17(13-19-16)18(21)22/h8-13H,2-7H2,1H3,(H,21,22). The Labute approximate surface area is 131 Å². The first-order chi connectivity index (χ1) is 10.7. The van der Waals surface area contributed by atoms with E-state index in [1.807, 2.05) is 12.1 Å². The van der Waals surface area contributed by atoms with Gasteiger partial charge in [0, 0.05) is 5.56 Å². The van der Waals surface area contributed by atoms with Gasteiger partial charge in [-0.05, 0) is 18.4 Å². The number of unbranched alkanes of at least 4 members (excludes halogenated alkanes) is 4. The molecule has 0 aliphatic carbocycles. The molecular weight excluding hydrogens is 276 g/mol. The highest BCUT2D eigenvalue weighted by Crippen LogP contribution is 2.18. The maximum absolute atomic E-state index is 10.8. The second kappa shape index (κ2) is 8.27. The summed E-state index contributed by atoms with van der Waals surface area (Å²) in [6.07, 6.45) is 10.3. The van der Waals surface area contributed by atoms with E-state index in [9.17, 15) is 4.79 Å². The molecule has 1 heterocycles. The van der Waals surface area contributed by atoms with E-state index in [2.05, 4.69) is 29.0 Å². The van der Waals surface area contributed by atoms with Gasteiger partial charge in [-0.15, -0.1) is 0 Å². The Morgan fingerprint density at radius 1 is 1.00 bits per heavy atom. The van der Waals surface area contributed by atoms with Crippen LogP contribution in [0, 0.1) is 0 Å². The zero-order valence-electron chi connectivity index (χ0n) is 13.0. The van der Waals surface area contributed by atoms with Crippen LogP contribution in [-0.2, 0) is 6.42 Å². The topological polar surface area (TPSA) is 63.1 Å². The van der Waals surface area contributed by atoms with Crippen LogP contribution >= 0.6 is 0 Å². The number of hydrogen-bond acceptors (Lipinski definition) is 3. The fourth-order valence-corrected chi connectivity index (χ4v) is 2.36. The predicted molar refractivity (Wildman–Crippen MR) is 86.9 cm³/mol. The molecule has 0 aliphatic heterocycles. The van der Waals surface area contributed by atoms with Crippen molar-refractivity contribution in [3.05, 3.63) is 47.9 Å². The molecule has 0 saturated carbocycles. The van der Waals surface area contributed by atoms with Crippen LogP contribution in [0.3, 0.4) is 0 Å². The van der Waals surface area contributed by atoms with E-state index in [1.54, 1.807) is 0 Å². The summed E-state index contributed by atoms with van der Waals surface area (Å²) in [5, 5.41) is 8.82. The SMILES string of the molecule is CCCCCCCc1ccc(-c2cnc(C(=O)O)cn2)cc1. The Bertz CT molecular complexity index is 591. The minimum absolute atomic E-state index is 0.0348. The average molecular weight is 298 g/mol. The molecule has 4 heteroatoms. The Balaban J connectivity index is 1.92. The largest absolute Gasteiger partial charge is 0.476 e. The van der Waals surface area contributed by atoms with Gasteiger partial charge in [-0.1, -0.05) is 56.9 Å². The Hall–Kier alpha value is -2.23. The Kier molecular flexibility index (Phi) is 6.07. The van der Waals surface area contributed by atoms with Crippen LogP contribution in [0.5, 0.6) is 0 Å². The summed E-state index contributed by atoms with van der Waals surface area (Å²) >= 11 is 0. The summed E-state index contributed by atoms with van der Waals surface area (Å²) in [5.41, 5.74) is 2.95. The minimum atomic E-state index is -1.06. The first-order valence-electron chi connectivity index (χ1n) is 7.85. The van der Waals surface area contributed by atoms with Crippen LogP contribution in [-0.4, -0.2) is 21.0 Å². The Morgan fingerprint density at radius 3 is 2.32 bits per heavy atom. The number of hydrogen-bond donors (Lipinski definition) is 1. The maximum atomic E-state index is 10.8. The van der Waals surface area contributed by atoms with Gasteiger partial charge in [0.1, 0.15) is 0 Å². The quantitative estimate of drug-likeness (QED) is 0.736. The van der Waals surface area contributed by atoms with Crippen molar-refractivity contribution in [3.63, 3.8) is 0 Å². The van der Waals surface area contributed by atoms with E-state index in [-0.39, 0.29) is 5.69 Å². The van der Waals surface area contributed by atoms with Crippen LogP contribution in [0.4, 0.5) is 0 Å². The lowest BCUT2D eigenvalue weighted by molar-refractivity contribution is 0.0690. The van der Waals surface area contributed by atoms with Crippen molar-refractivity contribution in [3.8, 4) is 11.3 Å². The molecule has 0 fully saturated rings. The van der Waals surface area contributed by atoms with Crippen molar-refractivity contribution in [1.29, 1.82) is 0 Å². The van der Waals surface area contributed by atoms with Gasteiger partial charge < -0.3 is 5.11 Å². The fourth-order valence-electron chi connectivity index (χ4n) is 2.36. The number of rotatable bonds is 8. The van der Waals surface area contributed by atoms with Crippen LogP contribution in [0.25, 0.3) is 11.3 Å². The summed E-state index contributed by atoms with van der Waals surface area (Å²) in [5.74, 6) is -1.06. The van der Waals surface area contributed by atoms with Gasteiger partial charge in [0.05, 0.1) is 18.1 Å². The minimum Gasteiger partial charge on any atom is -0.476 e. The average Bonchev–Trinajstić information content (AvgIpc) is 2.55. The molecule has 2 aromatic rings. The van der Waals surface area contributed by atoms with Gasteiger partial charge in [-0.3, -0.25) is 4.98 Å². The van der Waals surface area contributed by atoms with Gasteiger partial charge in [0.25, 0.3) is 0 Å². The maximum Gasteiger partial charge on any atom is 0.356 e. The van der Waals surface area contributed by atoms with Crippen LogP contribution in [0.15, 0.2) is 36.7 Å². The molecule has 0 amide bonds. The third kappa shape index (κ3) is 4.65. The van der Waals surface area contributed by atoms with Crippen molar-refractivity contribution in [2.45, 2.75) is 45.4 Å². The van der Waals surface area contributed by atoms with Crippen molar-refractivity contribution >= 4 is 5.97 Å². The second-order valence-corrected chi connectivity index (χ2v) is 5.45. The normalized spacial score (nSPS) is 10.6. The Morgan fingerprint density at radius 2 is 1.73 bits per heavy atom. The number of nitrogens with zero attached hydrogens (tertiary/aromatic N) is 2. The van der Waals surface area contributed by atoms with E-state index >= 15 is 0 Å². The third-order valence-corrected chi connectivity index (χ3v) is 3.69. The summed E-state index contributed by atoms with van der Waals surface area (Å²) in [6.45, 7) is 2.23. The van der Waals surface area contributed by atoms with Crippen LogP contribution < -0.4 is 0 Å². The fraction of sp³-hybridized carbons (Fsp3) is 0.389. The third-order valence-electron chi connectivity index (χ3n) is 3.69. The lowest BCUT2D eigenvalue weighted by Crippen LogP contribution is -2.01. The number of carboxylic acids is 1. The highest BCUT2D eigenvalue weighted by atomic mass is 16.4. The van der Waals surface area contributed by atoms with E-state index in [1.165, 1.54) is 50.1 Å². The van der Waals surface area contributed by atoms with Crippen LogP contribution in [0.2, 0.25) is 0 Å². The molecular formula is C18H22N2O2. The molecule has 0 aliphatic rings. The van der Waals surface area contributed by atoms with Gasteiger partial charge in [0.15, 0.2) is 5.69 Å². The first-order valence-corrected chi connectivity index (χ1v) is 7.85. The molecule has 0 unspecified atom stereocenters. The number of carboxylic acid groups (broad SMARTS) is 1. The smallest absolute Gasteiger partial charge is 0.356 e. The van der Waals surface area contributed by atoms with E-state index in [4.69, 9.17) is 5.11 Å². The highest BCUT2D eigenvalue weighted by molar-refractivity contribution is 5.85. The molecule has 0 radical (unpaired) electrons. The van der Waals surface area contributed by atoms with Crippen molar-refractivity contribution < 1.29 is 9.90 Å². The number of aromatic nitrogens is 2. The molecule has 22 heavy (non-hydrogen) atoms. The number of benzene rings is 1. The van der Waals surface area contributed by atoms with Gasteiger partial charge in [-0.25, -0.2) is 9.78 Å². The molecule has 116 valence electrons. The number of aryl methyl sites for hydroxylation is 1. The van der Waals surface area contributed by atoms with E-state index in [0.29, 0.717) is 5.69 Å². The highest BCUT2D eigenvalue weighted by Gasteiger charge is 2.06. The summed E-state index contributed by atoms with van der Waals surface area (Å²) in [4.78, 5) is 18.8. The lowest BCUT2D eigenvalue weighted by atomic mass is 10.0. The second-order valence-electron chi connectivity index (χ2n) is 5.45. The van der Waals surface area contributed by atoms with E-state index in [0.717, 1.165) is 12.0 Å². The summed E-state index contributed by atoms with van der Waals surface area (Å²) in [7, 11) is 0. The molecule has 0 spiro atoms. The summed E-state index contributed by atoms with van der Waals surface area (Å²) < 4.78 is 0. The molecule has 1 aromatic carbocycles. The molecule has 1 aromatic heterocycles.